The molecule has 1 saturated carbocycles. The van der Waals surface area contributed by atoms with Crippen molar-refractivity contribution in [3.8, 4) is 0 Å². The molecule has 1 aliphatic carbocycles. The van der Waals surface area contributed by atoms with Gasteiger partial charge in [0, 0.05) is 26.2 Å². The minimum absolute atomic E-state index is 0. The van der Waals surface area contributed by atoms with Crippen LogP contribution in [0.1, 0.15) is 58.3 Å². The molecule has 0 unspecified atom stereocenters. The Labute approximate surface area is 165 Å². The molecule has 2 aliphatic heterocycles. The van der Waals surface area contributed by atoms with Crippen molar-refractivity contribution in [2.75, 3.05) is 46.3 Å². The molecule has 0 radical (unpaired) electrons. The third-order valence-electron chi connectivity index (χ3n) is 6.32. The maximum absolute atomic E-state index is 5.04. The van der Waals surface area contributed by atoms with Crippen LogP contribution in [-0.2, 0) is 0 Å². The molecule has 0 aromatic heterocycles. The summed E-state index contributed by atoms with van der Waals surface area (Å²) in [7, 11) is 2.23. The summed E-state index contributed by atoms with van der Waals surface area (Å²) in [5.41, 5.74) is 0.613. The van der Waals surface area contributed by atoms with Crippen LogP contribution in [0, 0.1) is 11.3 Å². The lowest BCUT2D eigenvalue weighted by molar-refractivity contribution is 0.203. The van der Waals surface area contributed by atoms with Gasteiger partial charge in [-0.05, 0) is 70.5 Å². The minimum atomic E-state index is 0. The predicted molar refractivity (Wildman–Crippen MR) is 113 cm³/mol. The molecule has 1 N–H and O–H groups in total. The summed E-state index contributed by atoms with van der Waals surface area (Å²) in [5.74, 6) is 1.97. The van der Waals surface area contributed by atoms with Crippen LogP contribution in [0.15, 0.2) is 4.99 Å². The number of nitrogens with zero attached hydrogens (tertiary/aromatic N) is 3. The van der Waals surface area contributed by atoms with E-state index in [0.717, 1.165) is 19.0 Å². The molecule has 0 aromatic carbocycles. The Bertz CT molecular complexity index is 398. The fourth-order valence-electron chi connectivity index (χ4n) is 4.71. The van der Waals surface area contributed by atoms with E-state index in [4.69, 9.17) is 4.99 Å². The zero-order chi connectivity index (χ0) is 16.1. The summed E-state index contributed by atoms with van der Waals surface area (Å²) >= 11 is 0. The Kier molecular flexibility index (Phi) is 8.11. The Balaban J connectivity index is 0.00000208. The van der Waals surface area contributed by atoms with E-state index >= 15 is 0 Å². The number of hydrogen-bond acceptors (Lipinski definition) is 2. The van der Waals surface area contributed by atoms with Gasteiger partial charge in [0.15, 0.2) is 5.96 Å². The average Bonchev–Trinajstić information content (AvgIpc) is 2.97. The number of hydrogen-bond donors (Lipinski definition) is 1. The number of likely N-dealkylation sites (tertiary alicyclic amines) is 2. The van der Waals surface area contributed by atoms with E-state index in [2.05, 4.69) is 29.1 Å². The standard InChI is InChI=1S/C19H36N4.HI/c1-3-20-18(21-15-17-7-12-22(2)13-8-17)23-14-11-19(16-23)9-5-4-6-10-19;/h17H,3-16H2,1-2H3,(H,20,21);1H. The van der Waals surface area contributed by atoms with Gasteiger partial charge in [0.25, 0.3) is 0 Å². The highest BCUT2D eigenvalue weighted by atomic mass is 127. The maximum atomic E-state index is 5.04. The van der Waals surface area contributed by atoms with E-state index in [1.807, 2.05) is 0 Å². The summed E-state index contributed by atoms with van der Waals surface area (Å²) in [6.07, 6.45) is 11.2. The van der Waals surface area contributed by atoms with Crippen molar-refractivity contribution in [3.63, 3.8) is 0 Å². The molecule has 3 rings (SSSR count). The molecule has 4 nitrogen and oxygen atoms in total. The number of halogens is 1. The quantitative estimate of drug-likeness (QED) is 0.407. The number of piperidine rings is 1. The van der Waals surface area contributed by atoms with Crippen molar-refractivity contribution < 1.29 is 0 Å². The SMILES string of the molecule is CCNC(=NCC1CCN(C)CC1)N1CCC2(CCCCC2)C1.I. The first-order valence-electron chi connectivity index (χ1n) is 9.93. The summed E-state index contributed by atoms with van der Waals surface area (Å²) in [4.78, 5) is 10.0. The highest BCUT2D eigenvalue weighted by Crippen LogP contribution is 2.43. The van der Waals surface area contributed by atoms with Crippen molar-refractivity contribution in [3.05, 3.63) is 0 Å². The van der Waals surface area contributed by atoms with Crippen LogP contribution in [0.2, 0.25) is 0 Å². The first kappa shape index (κ1) is 20.3. The van der Waals surface area contributed by atoms with Gasteiger partial charge in [0.1, 0.15) is 0 Å². The lowest BCUT2D eigenvalue weighted by Crippen LogP contribution is -2.42. The van der Waals surface area contributed by atoms with Crippen LogP contribution in [-0.4, -0.2) is 62.1 Å². The normalized spacial score (nSPS) is 25.8. The molecule has 2 saturated heterocycles. The van der Waals surface area contributed by atoms with Gasteiger partial charge in [-0.1, -0.05) is 19.3 Å². The second-order valence-electron chi connectivity index (χ2n) is 8.17. The van der Waals surface area contributed by atoms with Gasteiger partial charge in [0.05, 0.1) is 0 Å². The van der Waals surface area contributed by atoms with Gasteiger partial charge >= 0.3 is 0 Å². The molecular formula is C19H37IN4. The van der Waals surface area contributed by atoms with Crippen LogP contribution in [0.5, 0.6) is 0 Å². The predicted octanol–water partition coefficient (Wildman–Crippen LogP) is 3.57. The van der Waals surface area contributed by atoms with E-state index in [1.54, 1.807) is 0 Å². The van der Waals surface area contributed by atoms with Crippen molar-refractivity contribution in [1.82, 2.24) is 15.1 Å². The first-order chi connectivity index (χ1) is 11.2. The van der Waals surface area contributed by atoms with E-state index in [-0.39, 0.29) is 24.0 Å². The van der Waals surface area contributed by atoms with Crippen molar-refractivity contribution >= 4 is 29.9 Å². The van der Waals surface area contributed by atoms with Crippen molar-refractivity contribution in [2.24, 2.45) is 16.3 Å². The van der Waals surface area contributed by atoms with Gasteiger partial charge in [-0.2, -0.15) is 0 Å². The summed E-state index contributed by atoms with van der Waals surface area (Å²) in [6, 6.07) is 0. The molecule has 3 aliphatic rings. The molecule has 0 atom stereocenters. The van der Waals surface area contributed by atoms with Gasteiger partial charge in [-0.15, -0.1) is 24.0 Å². The molecule has 0 aromatic rings. The number of nitrogens with one attached hydrogen (secondary N) is 1. The van der Waals surface area contributed by atoms with E-state index < -0.39 is 0 Å². The monoisotopic (exact) mass is 448 g/mol. The second kappa shape index (κ2) is 9.60. The summed E-state index contributed by atoms with van der Waals surface area (Å²) in [6.45, 7) is 9.12. The van der Waals surface area contributed by atoms with Crippen LogP contribution in [0.25, 0.3) is 0 Å². The minimum Gasteiger partial charge on any atom is -0.357 e. The van der Waals surface area contributed by atoms with Gasteiger partial charge in [0.2, 0.25) is 0 Å². The topological polar surface area (TPSA) is 30.9 Å². The van der Waals surface area contributed by atoms with E-state index in [1.165, 1.54) is 83.5 Å². The maximum Gasteiger partial charge on any atom is 0.193 e. The Morgan fingerprint density at radius 3 is 2.46 bits per heavy atom. The molecule has 2 heterocycles. The third-order valence-corrected chi connectivity index (χ3v) is 6.32. The van der Waals surface area contributed by atoms with Crippen LogP contribution < -0.4 is 5.32 Å². The lowest BCUT2D eigenvalue weighted by Gasteiger charge is -2.34. The second-order valence-corrected chi connectivity index (χ2v) is 8.17. The molecule has 24 heavy (non-hydrogen) atoms. The van der Waals surface area contributed by atoms with Crippen LogP contribution in [0.3, 0.4) is 0 Å². The van der Waals surface area contributed by atoms with Crippen molar-refractivity contribution in [1.29, 1.82) is 0 Å². The van der Waals surface area contributed by atoms with Gasteiger partial charge in [-0.3, -0.25) is 4.99 Å². The van der Waals surface area contributed by atoms with Crippen molar-refractivity contribution in [2.45, 2.75) is 58.3 Å². The first-order valence-corrected chi connectivity index (χ1v) is 9.93. The van der Waals surface area contributed by atoms with Gasteiger partial charge < -0.3 is 15.1 Å². The average molecular weight is 448 g/mol. The Hall–Kier alpha value is -0.0400. The smallest absolute Gasteiger partial charge is 0.193 e. The lowest BCUT2D eigenvalue weighted by atomic mass is 9.73. The highest BCUT2D eigenvalue weighted by Gasteiger charge is 2.39. The highest BCUT2D eigenvalue weighted by molar-refractivity contribution is 14.0. The van der Waals surface area contributed by atoms with Gasteiger partial charge in [-0.25, -0.2) is 0 Å². The number of guanidine groups is 1. The molecule has 0 bridgehead atoms. The summed E-state index contributed by atoms with van der Waals surface area (Å²) < 4.78 is 0. The zero-order valence-electron chi connectivity index (χ0n) is 15.7. The summed E-state index contributed by atoms with van der Waals surface area (Å²) in [5, 5.41) is 3.56. The molecule has 5 heteroatoms. The third kappa shape index (κ3) is 5.23. The number of aliphatic imine (C=N–C) groups is 1. The largest absolute Gasteiger partial charge is 0.357 e. The van der Waals surface area contributed by atoms with Crippen LogP contribution >= 0.6 is 24.0 Å². The zero-order valence-corrected chi connectivity index (χ0v) is 18.1. The molecular weight excluding hydrogens is 411 g/mol. The fourth-order valence-corrected chi connectivity index (χ4v) is 4.71. The van der Waals surface area contributed by atoms with Crippen LogP contribution in [0.4, 0.5) is 0 Å². The fraction of sp³-hybridized carbons (Fsp3) is 0.947. The molecule has 3 fully saturated rings. The van der Waals surface area contributed by atoms with E-state index in [0.29, 0.717) is 5.41 Å². The molecule has 140 valence electrons. The molecule has 0 amide bonds. The Morgan fingerprint density at radius 1 is 1.08 bits per heavy atom. The van der Waals surface area contributed by atoms with E-state index in [9.17, 15) is 0 Å². The molecule has 1 spiro atoms. The Morgan fingerprint density at radius 2 is 1.79 bits per heavy atom. The number of rotatable bonds is 3.